The van der Waals surface area contributed by atoms with Gasteiger partial charge in [0.1, 0.15) is 5.75 Å². The highest BCUT2D eigenvalue weighted by Gasteiger charge is 2.23. The molecule has 0 unspecified atom stereocenters. The molecule has 1 N–H and O–H groups in total. The molecule has 0 aliphatic carbocycles. The molecule has 0 bridgehead atoms. The lowest BCUT2D eigenvalue weighted by molar-refractivity contribution is -0.120. The van der Waals surface area contributed by atoms with Gasteiger partial charge in [-0.05, 0) is 23.3 Å². The Hall–Kier alpha value is -3.20. The van der Waals surface area contributed by atoms with Crippen LogP contribution in [0.1, 0.15) is 17.0 Å². The topological polar surface area (TPSA) is 111 Å². The maximum absolute atomic E-state index is 12.4. The van der Waals surface area contributed by atoms with Crippen LogP contribution in [-0.2, 0) is 33.4 Å². The number of benzene rings is 2. The van der Waals surface area contributed by atoms with E-state index < -0.39 is 15.1 Å². The Labute approximate surface area is 162 Å². The molecule has 0 saturated carbocycles. The predicted octanol–water partition coefficient (Wildman–Crippen LogP) is 1.91. The van der Waals surface area contributed by atoms with E-state index in [0.717, 1.165) is 5.56 Å². The molecule has 0 fully saturated rings. The fourth-order valence-electron chi connectivity index (χ4n) is 2.46. The van der Waals surface area contributed by atoms with Gasteiger partial charge in [-0.3, -0.25) is 4.79 Å². The van der Waals surface area contributed by atoms with Crippen molar-refractivity contribution < 1.29 is 22.4 Å². The zero-order valence-electron chi connectivity index (χ0n) is 15.2. The third kappa shape index (κ3) is 5.17. The van der Waals surface area contributed by atoms with Gasteiger partial charge < -0.3 is 14.5 Å². The largest absolute Gasteiger partial charge is 0.497 e. The summed E-state index contributed by atoms with van der Waals surface area (Å²) in [7, 11) is -2.18. The van der Waals surface area contributed by atoms with E-state index in [4.69, 9.17) is 9.15 Å². The van der Waals surface area contributed by atoms with Crippen LogP contribution in [-0.4, -0.2) is 31.6 Å². The minimum Gasteiger partial charge on any atom is -0.497 e. The lowest BCUT2D eigenvalue weighted by Gasteiger charge is -2.04. The summed E-state index contributed by atoms with van der Waals surface area (Å²) in [5.74, 6) is 0.241. The van der Waals surface area contributed by atoms with E-state index in [1.54, 1.807) is 61.7 Å². The second kappa shape index (κ2) is 8.66. The van der Waals surface area contributed by atoms with Crippen LogP contribution in [0.5, 0.6) is 5.75 Å². The van der Waals surface area contributed by atoms with Crippen LogP contribution >= 0.6 is 0 Å². The number of ether oxygens (including phenoxy) is 1. The van der Waals surface area contributed by atoms with E-state index in [1.807, 2.05) is 0 Å². The van der Waals surface area contributed by atoms with Gasteiger partial charge in [0.15, 0.2) is 0 Å². The number of nitrogens with zero attached hydrogens (tertiary/aromatic N) is 2. The Morgan fingerprint density at radius 1 is 1.04 bits per heavy atom. The van der Waals surface area contributed by atoms with Crippen LogP contribution in [0.15, 0.2) is 64.2 Å². The number of sulfone groups is 1. The molecular formula is C19H19N3O5S. The molecule has 146 valence electrons. The van der Waals surface area contributed by atoms with E-state index in [0.29, 0.717) is 11.3 Å². The number of hydrogen-bond donors (Lipinski definition) is 1. The monoisotopic (exact) mass is 401 g/mol. The Balaban J connectivity index is 1.55. The van der Waals surface area contributed by atoms with E-state index in [2.05, 4.69) is 15.5 Å². The number of hydrogen-bond acceptors (Lipinski definition) is 7. The molecule has 0 atom stereocenters. The summed E-state index contributed by atoms with van der Waals surface area (Å²) in [6.45, 7) is -0.0527. The minimum absolute atomic E-state index is 0.0229. The zero-order chi connectivity index (χ0) is 20.0. The van der Waals surface area contributed by atoms with Crippen molar-refractivity contribution in [1.82, 2.24) is 15.5 Å². The van der Waals surface area contributed by atoms with Crippen LogP contribution in [0.4, 0.5) is 0 Å². The van der Waals surface area contributed by atoms with E-state index >= 15 is 0 Å². The molecule has 0 saturated heterocycles. The Kier molecular flexibility index (Phi) is 6.05. The van der Waals surface area contributed by atoms with Gasteiger partial charge in [-0.15, -0.1) is 5.10 Å². The second-order valence-corrected chi connectivity index (χ2v) is 7.88. The maximum Gasteiger partial charge on any atom is 0.335 e. The predicted molar refractivity (Wildman–Crippen MR) is 100 cm³/mol. The lowest BCUT2D eigenvalue weighted by atomic mass is 10.1. The molecule has 8 nitrogen and oxygen atoms in total. The zero-order valence-corrected chi connectivity index (χ0v) is 16.0. The molecule has 1 heterocycles. The quantitative estimate of drug-likeness (QED) is 0.614. The van der Waals surface area contributed by atoms with Gasteiger partial charge in [0, 0.05) is 0 Å². The third-order valence-corrected chi connectivity index (χ3v) is 5.28. The minimum atomic E-state index is -3.75. The van der Waals surface area contributed by atoms with Crippen molar-refractivity contribution >= 4 is 15.7 Å². The number of rotatable bonds is 8. The van der Waals surface area contributed by atoms with Gasteiger partial charge in [-0.2, -0.15) is 0 Å². The first-order valence-corrected chi connectivity index (χ1v) is 10.1. The second-order valence-electron chi connectivity index (χ2n) is 6.01. The maximum atomic E-state index is 12.4. The summed E-state index contributed by atoms with van der Waals surface area (Å²) in [4.78, 5) is 12.0. The first-order valence-electron chi connectivity index (χ1n) is 8.45. The average molecular weight is 401 g/mol. The van der Waals surface area contributed by atoms with Crippen molar-refractivity contribution in [3.05, 3.63) is 71.6 Å². The normalized spacial score (nSPS) is 11.2. The van der Waals surface area contributed by atoms with Gasteiger partial charge in [0.2, 0.25) is 21.6 Å². The molecule has 1 aromatic heterocycles. The van der Waals surface area contributed by atoms with E-state index in [1.165, 1.54) is 0 Å². The lowest BCUT2D eigenvalue weighted by Crippen LogP contribution is -2.24. The van der Waals surface area contributed by atoms with E-state index in [-0.39, 0.29) is 30.5 Å². The number of methoxy groups -OCH3 is 1. The molecular weight excluding hydrogens is 382 g/mol. The fraction of sp³-hybridized carbons (Fsp3) is 0.211. The molecule has 28 heavy (non-hydrogen) atoms. The molecule has 9 heteroatoms. The first kappa shape index (κ1) is 19.6. The summed E-state index contributed by atoms with van der Waals surface area (Å²) < 4.78 is 35.0. The molecule has 1 amide bonds. The molecule has 0 aliphatic rings. The van der Waals surface area contributed by atoms with Crippen LogP contribution in [0, 0.1) is 0 Å². The summed E-state index contributed by atoms with van der Waals surface area (Å²) in [6, 6.07) is 15.8. The smallest absolute Gasteiger partial charge is 0.335 e. The number of amides is 1. The van der Waals surface area contributed by atoms with Crippen molar-refractivity contribution in [3.63, 3.8) is 0 Å². The number of carbonyl (C=O) groups excluding carboxylic acids is 1. The number of carbonyl (C=O) groups is 1. The molecule has 3 rings (SSSR count). The fourth-order valence-corrected chi connectivity index (χ4v) is 3.60. The molecule has 3 aromatic rings. The van der Waals surface area contributed by atoms with Crippen molar-refractivity contribution in [3.8, 4) is 5.75 Å². The summed E-state index contributed by atoms with van der Waals surface area (Å²) in [5.41, 5.74) is 1.44. The van der Waals surface area contributed by atoms with Gasteiger partial charge in [0.05, 0.1) is 25.8 Å². The Morgan fingerprint density at radius 2 is 1.75 bits per heavy atom. The van der Waals surface area contributed by atoms with Crippen molar-refractivity contribution in [1.29, 1.82) is 0 Å². The van der Waals surface area contributed by atoms with Crippen LogP contribution in [0.3, 0.4) is 0 Å². The molecule has 0 spiro atoms. The van der Waals surface area contributed by atoms with Gasteiger partial charge in [0.25, 0.3) is 0 Å². The van der Waals surface area contributed by atoms with Crippen molar-refractivity contribution in [2.75, 3.05) is 7.11 Å². The molecule has 0 radical (unpaired) electrons. The van der Waals surface area contributed by atoms with Crippen LogP contribution in [0.25, 0.3) is 0 Å². The Bertz CT molecular complexity index is 1030. The number of nitrogens with one attached hydrogen (secondary N) is 1. The highest BCUT2D eigenvalue weighted by atomic mass is 32.2. The van der Waals surface area contributed by atoms with Gasteiger partial charge in [-0.25, -0.2) is 8.42 Å². The summed E-state index contributed by atoms with van der Waals surface area (Å²) in [5, 5.41) is 9.46. The molecule has 2 aromatic carbocycles. The first-order chi connectivity index (χ1) is 13.5. The van der Waals surface area contributed by atoms with Crippen LogP contribution < -0.4 is 10.1 Å². The van der Waals surface area contributed by atoms with Crippen molar-refractivity contribution in [2.45, 2.75) is 23.9 Å². The Morgan fingerprint density at radius 3 is 2.43 bits per heavy atom. The average Bonchev–Trinajstić information content (AvgIpc) is 3.18. The van der Waals surface area contributed by atoms with E-state index in [9.17, 15) is 13.2 Å². The summed E-state index contributed by atoms with van der Waals surface area (Å²) >= 11 is 0. The third-order valence-electron chi connectivity index (χ3n) is 3.87. The van der Waals surface area contributed by atoms with Crippen molar-refractivity contribution in [2.24, 2.45) is 0 Å². The highest BCUT2D eigenvalue weighted by molar-refractivity contribution is 7.90. The molecule has 0 aliphatic heterocycles. The SMILES string of the molecule is COc1ccc(CC(=O)NCc2nnc(S(=O)(=O)Cc3ccccc3)o2)cc1. The standard InChI is InChI=1S/C19H19N3O5S/c1-26-16-9-7-14(8-10-16)11-17(23)20-12-18-21-22-19(27-18)28(24,25)13-15-5-3-2-4-6-15/h2-10H,11-13H2,1H3,(H,20,23). The highest BCUT2D eigenvalue weighted by Crippen LogP contribution is 2.15. The number of aromatic nitrogens is 2. The summed E-state index contributed by atoms with van der Waals surface area (Å²) in [6.07, 6.45) is 0.164. The van der Waals surface area contributed by atoms with Crippen LogP contribution in [0.2, 0.25) is 0 Å². The van der Waals surface area contributed by atoms with Gasteiger partial charge >= 0.3 is 5.22 Å². The van der Waals surface area contributed by atoms with Gasteiger partial charge in [-0.1, -0.05) is 47.6 Å².